The van der Waals surface area contributed by atoms with Crippen LogP contribution in [0.2, 0.25) is 0 Å². The minimum atomic E-state index is -0.488. The van der Waals surface area contributed by atoms with Gasteiger partial charge < -0.3 is 10.5 Å². The van der Waals surface area contributed by atoms with Gasteiger partial charge in [0.05, 0.1) is 18.3 Å². The van der Waals surface area contributed by atoms with Gasteiger partial charge in [-0.15, -0.1) is 0 Å². The van der Waals surface area contributed by atoms with Gasteiger partial charge >= 0.3 is 6.09 Å². The van der Waals surface area contributed by atoms with Crippen LogP contribution in [0.5, 0.6) is 0 Å². The molecule has 1 aliphatic rings. The first-order chi connectivity index (χ1) is 9.40. The number of hydrogen-bond donors (Lipinski definition) is 1. The van der Waals surface area contributed by atoms with E-state index in [1.807, 2.05) is 26.8 Å². The van der Waals surface area contributed by atoms with Crippen LogP contribution in [-0.4, -0.2) is 33.1 Å². The standard InChI is InChI=1S/C14H22N4O2/c1-14(2,3)20-13(19)18-8-4-5-11(18)10-6-7-16-12(9-15)17-10/h6-7,11H,4-5,8-9,15H2,1-3H3. The number of ether oxygens (including phenoxy) is 1. The number of nitrogens with zero attached hydrogens (tertiary/aromatic N) is 3. The summed E-state index contributed by atoms with van der Waals surface area (Å²) in [4.78, 5) is 22.5. The van der Waals surface area contributed by atoms with E-state index in [-0.39, 0.29) is 12.1 Å². The summed E-state index contributed by atoms with van der Waals surface area (Å²) >= 11 is 0. The Labute approximate surface area is 119 Å². The Morgan fingerprint density at radius 2 is 2.30 bits per heavy atom. The summed E-state index contributed by atoms with van der Waals surface area (Å²) < 4.78 is 5.45. The van der Waals surface area contributed by atoms with E-state index in [2.05, 4.69) is 9.97 Å². The Bertz CT molecular complexity index is 484. The van der Waals surface area contributed by atoms with Crippen LogP contribution in [0, 0.1) is 0 Å². The van der Waals surface area contributed by atoms with Gasteiger partial charge in [-0.05, 0) is 39.7 Å². The monoisotopic (exact) mass is 278 g/mol. The van der Waals surface area contributed by atoms with Crippen molar-refractivity contribution >= 4 is 6.09 Å². The summed E-state index contributed by atoms with van der Waals surface area (Å²) in [6.07, 6.45) is 3.25. The minimum Gasteiger partial charge on any atom is -0.444 e. The lowest BCUT2D eigenvalue weighted by molar-refractivity contribution is 0.0221. The second-order valence-electron chi connectivity index (χ2n) is 5.93. The van der Waals surface area contributed by atoms with E-state index in [0.717, 1.165) is 18.5 Å². The molecule has 1 saturated heterocycles. The third-order valence-electron chi connectivity index (χ3n) is 3.13. The van der Waals surface area contributed by atoms with Crippen molar-refractivity contribution in [2.24, 2.45) is 5.73 Å². The van der Waals surface area contributed by atoms with Crippen molar-refractivity contribution in [1.82, 2.24) is 14.9 Å². The number of aromatic nitrogens is 2. The lowest BCUT2D eigenvalue weighted by atomic mass is 10.1. The summed E-state index contributed by atoms with van der Waals surface area (Å²) in [5.74, 6) is 0.596. The van der Waals surface area contributed by atoms with Gasteiger partial charge in [-0.1, -0.05) is 0 Å². The van der Waals surface area contributed by atoms with E-state index < -0.39 is 5.60 Å². The van der Waals surface area contributed by atoms with Crippen molar-refractivity contribution < 1.29 is 9.53 Å². The van der Waals surface area contributed by atoms with Gasteiger partial charge in [0, 0.05) is 12.7 Å². The molecule has 1 unspecified atom stereocenters. The summed E-state index contributed by atoms with van der Waals surface area (Å²) in [6, 6.07) is 1.80. The Kier molecular flexibility index (Phi) is 4.23. The number of likely N-dealkylation sites (tertiary alicyclic amines) is 1. The molecule has 0 bridgehead atoms. The molecule has 6 nitrogen and oxygen atoms in total. The normalized spacial score (nSPS) is 19.2. The van der Waals surface area contributed by atoms with Crippen molar-refractivity contribution in [3.8, 4) is 0 Å². The highest BCUT2D eigenvalue weighted by Gasteiger charge is 2.33. The second-order valence-corrected chi connectivity index (χ2v) is 5.93. The predicted octanol–water partition coefficient (Wildman–Crippen LogP) is 2.01. The SMILES string of the molecule is CC(C)(C)OC(=O)N1CCCC1c1ccnc(CN)n1. The minimum absolute atomic E-state index is 0.0434. The molecular weight excluding hydrogens is 256 g/mol. The molecule has 1 fully saturated rings. The van der Waals surface area contributed by atoms with Crippen LogP contribution in [0.1, 0.15) is 51.2 Å². The largest absolute Gasteiger partial charge is 0.444 e. The maximum atomic E-state index is 12.2. The van der Waals surface area contributed by atoms with E-state index in [1.165, 1.54) is 0 Å². The van der Waals surface area contributed by atoms with Gasteiger partial charge in [-0.3, -0.25) is 4.90 Å². The van der Waals surface area contributed by atoms with Crippen LogP contribution < -0.4 is 5.73 Å². The van der Waals surface area contributed by atoms with Gasteiger partial charge in [-0.2, -0.15) is 0 Å². The van der Waals surface area contributed by atoms with Crippen molar-refractivity contribution in [3.05, 3.63) is 23.8 Å². The van der Waals surface area contributed by atoms with Gasteiger partial charge in [0.25, 0.3) is 0 Å². The first kappa shape index (κ1) is 14.7. The predicted molar refractivity (Wildman–Crippen MR) is 74.8 cm³/mol. The number of carbonyl (C=O) groups is 1. The fourth-order valence-corrected chi connectivity index (χ4v) is 2.31. The van der Waals surface area contributed by atoms with Crippen LogP contribution in [0.15, 0.2) is 12.3 Å². The molecule has 6 heteroatoms. The molecule has 2 rings (SSSR count). The zero-order valence-electron chi connectivity index (χ0n) is 12.3. The van der Waals surface area contributed by atoms with Gasteiger partial charge in [0.2, 0.25) is 0 Å². The fourth-order valence-electron chi connectivity index (χ4n) is 2.31. The van der Waals surface area contributed by atoms with E-state index in [0.29, 0.717) is 18.9 Å². The smallest absolute Gasteiger partial charge is 0.410 e. The summed E-state index contributed by atoms with van der Waals surface area (Å²) in [5.41, 5.74) is 5.91. The third kappa shape index (κ3) is 3.45. The molecule has 0 saturated carbocycles. The molecule has 0 aromatic carbocycles. The highest BCUT2D eigenvalue weighted by Crippen LogP contribution is 2.31. The summed E-state index contributed by atoms with van der Waals surface area (Å²) in [6.45, 7) is 6.60. The van der Waals surface area contributed by atoms with Gasteiger partial charge in [-0.25, -0.2) is 14.8 Å². The van der Waals surface area contributed by atoms with Crippen molar-refractivity contribution in [2.75, 3.05) is 6.54 Å². The zero-order valence-corrected chi connectivity index (χ0v) is 12.3. The van der Waals surface area contributed by atoms with Crippen molar-refractivity contribution in [1.29, 1.82) is 0 Å². The quantitative estimate of drug-likeness (QED) is 0.895. The molecule has 0 radical (unpaired) electrons. The Morgan fingerprint density at radius 3 is 2.95 bits per heavy atom. The summed E-state index contributed by atoms with van der Waals surface area (Å²) in [7, 11) is 0. The van der Waals surface area contributed by atoms with Crippen LogP contribution in [0.3, 0.4) is 0 Å². The highest BCUT2D eigenvalue weighted by molar-refractivity contribution is 5.69. The molecule has 0 spiro atoms. The number of amides is 1. The molecule has 1 aliphatic heterocycles. The maximum Gasteiger partial charge on any atom is 0.410 e. The average molecular weight is 278 g/mol. The van der Waals surface area contributed by atoms with Crippen LogP contribution in [0.4, 0.5) is 4.79 Å². The molecule has 2 heterocycles. The first-order valence-electron chi connectivity index (χ1n) is 6.92. The lowest BCUT2D eigenvalue weighted by Crippen LogP contribution is -2.36. The Balaban J connectivity index is 2.16. The molecule has 1 atom stereocenters. The Morgan fingerprint density at radius 1 is 1.55 bits per heavy atom. The van der Waals surface area contributed by atoms with Crippen LogP contribution in [-0.2, 0) is 11.3 Å². The highest BCUT2D eigenvalue weighted by atomic mass is 16.6. The van der Waals surface area contributed by atoms with Gasteiger partial charge in [0.15, 0.2) is 0 Å². The molecule has 0 aliphatic carbocycles. The molecule has 1 amide bonds. The Hall–Kier alpha value is -1.69. The number of rotatable bonds is 2. The number of carbonyl (C=O) groups excluding carboxylic acids is 1. The molecule has 1 aromatic rings. The van der Waals surface area contributed by atoms with Crippen molar-refractivity contribution in [2.45, 2.75) is 51.8 Å². The van der Waals surface area contributed by atoms with Crippen molar-refractivity contribution in [3.63, 3.8) is 0 Å². The number of nitrogens with two attached hydrogens (primary N) is 1. The molecule has 2 N–H and O–H groups in total. The fraction of sp³-hybridized carbons (Fsp3) is 0.643. The van der Waals surface area contributed by atoms with E-state index in [1.54, 1.807) is 11.1 Å². The third-order valence-corrected chi connectivity index (χ3v) is 3.13. The maximum absolute atomic E-state index is 12.2. The molecule has 20 heavy (non-hydrogen) atoms. The van der Waals surface area contributed by atoms with Gasteiger partial charge in [0.1, 0.15) is 11.4 Å². The summed E-state index contributed by atoms with van der Waals surface area (Å²) in [5, 5.41) is 0. The first-order valence-corrected chi connectivity index (χ1v) is 6.92. The van der Waals surface area contributed by atoms with Crippen LogP contribution in [0.25, 0.3) is 0 Å². The lowest BCUT2D eigenvalue weighted by Gasteiger charge is -2.28. The molecule has 1 aromatic heterocycles. The van der Waals surface area contributed by atoms with E-state index >= 15 is 0 Å². The zero-order chi connectivity index (χ0) is 14.8. The topological polar surface area (TPSA) is 81.3 Å². The van der Waals surface area contributed by atoms with Crippen LogP contribution >= 0.6 is 0 Å². The molecule has 110 valence electrons. The second kappa shape index (κ2) is 5.75. The van der Waals surface area contributed by atoms with E-state index in [4.69, 9.17) is 10.5 Å². The van der Waals surface area contributed by atoms with E-state index in [9.17, 15) is 4.79 Å². The number of hydrogen-bond acceptors (Lipinski definition) is 5. The molecular formula is C14H22N4O2. The average Bonchev–Trinajstić information content (AvgIpc) is 2.86.